The van der Waals surface area contributed by atoms with Crippen LogP contribution in [0.15, 0.2) is 65.5 Å². The Morgan fingerprint density at radius 3 is 2.52 bits per heavy atom. The van der Waals surface area contributed by atoms with Crippen molar-refractivity contribution >= 4 is 50.7 Å². The molecule has 0 saturated carbocycles. The van der Waals surface area contributed by atoms with E-state index in [2.05, 4.69) is 5.32 Å². The maximum atomic E-state index is 12.9. The molecule has 0 aliphatic carbocycles. The predicted molar refractivity (Wildman–Crippen MR) is 120 cm³/mol. The number of halogens is 1. The van der Waals surface area contributed by atoms with Gasteiger partial charge in [0, 0.05) is 28.1 Å². The van der Waals surface area contributed by atoms with Crippen LogP contribution >= 0.6 is 22.9 Å². The average Bonchev–Trinajstić information content (AvgIpc) is 3.16. The lowest BCUT2D eigenvalue weighted by Gasteiger charge is -2.07. The molecule has 29 heavy (non-hydrogen) atoms. The zero-order valence-electron chi connectivity index (χ0n) is 15.8. The number of carbonyl (C=O) groups is 1. The number of anilines is 1. The Hall–Kier alpha value is -3.09. The Bertz CT molecular complexity index is 1300. The van der Waals surface area contributed by atoms with Crippen LogP contribution in [0.25, 0.3) is 21.8 Å². The van der Waals surface area contributed by atoms with Gasteiger partial charge in [0.1, 0.15) is 5.69 Å². The summed E-state index contributed by atoms with van der Waals surface area (Å²) >= 11 is 7.93. The molecular weight excluding hydrogens is 406 g/mol. The van der Waals surface area contributed by atoms with Crippen molar-refractivity contribution in [2.24, 2.45) is 7.05 Å². The van der Waals surface area contributed by atoms with E-state index >= 15 is 0 Å². The number of benzene rings is 2. The van der Waals surface area contributed by atoms with E-state index in [0.29, 0.717) is 10.7 Å². The first-order valence-electron chi connectivity index (χ1n) is 8.97. The molecule has 2 heterocycles. The van der Waals surface area contributed by atoms with Gasteiger partial charge in [0.2, 0.25) is 5.91 Å². The number of rotatable bonds is 4. The second-order valence-corrected chi connectivity index (χ2v) is 8.00. The van der Waals surface area contributed by atoms with Gasteiger partial charge in [-0.2, -0.15) is 0 Å². The summed E-state index contributed by atoms with van der Waals surface area (Å²) in [5, 5.41) is 4.30. The van der Waals surface area contributed by atoms with Crippen molar-refractivity contribution in [3.63, 3.8) is 0 Å². The van der Waals surface area contributed by atoms with E-state index < -0.39 is 0 Å². The van der Waals surface area contributed by atoms with E-state index in [1.807, 2.05) is 54.6 Å². The average molecular weight is 424 g/mol. The molecule has 0 aliphatic heterocycles. The lowest BCUT2D eigenvalue weighted by molar-refractivity contribution is -0.111. The van der Waals surface area contributed by atoms with Gasteiger partial charge in [-0.1, -0.05) is 48.0 Å². The molecule has 4 rings (SSSR count). The number of carbonyl (C=O) groups excluding carboxylic acids is 1. The molecule has 0 fully saturated rings. The Labute approximate surface area is 176 Å². The molecule has 1 N–H and O–H groups in total. The minimum Gasteiger partial charge on any atom is -0.316 e. The number of hydrogen-bond donors (Lipinski definition) is 1. The van der Waals surface area contributed by atoms with Crippen LogP contribution in [0.1, 0.15) is 10.6 Å². The SMILES string of the molecule is Cc1c(NC(=O)/C=C/c2sc3ccccc3c2Cl)c(=O)n(-c2ccccc2)n1C. The Morgan fingerprint density at radius 2 is 1.79 bits per heavy atom. The van der Waals surface area contributed by atoms with Crippen molar-refractivity contribution in [1.82, 2.24) is 9.36 Å². The predicted octanol–water partition coefficient (Wildman–Crippen LogP) is 5.00. The summed E-state index contributed by atoms with van der Waals surface area (Å²) in [5.74, 6) is -0.385. The summed E-state index contributed by atoms with van der Waals surface area (Å²) < 4.78 is 4.30. The zero-order valence-corrected chi connectivity index (χ0v) is 17.4. The van der Waals surface area contributed by atoms with Crippen LogP contribution in [0.2, 0.25) is 5.02 Å². The third-order valence-electron chi connectivity index (χ3n) is 4.75. The Kier molecular flexibility index (Phi) is 5.13. The monoisotopic (exact) mass is 423 g/mol. The minimum atomic E-state index is -0.385. The second-order valence-electron chi connectivity index (χ2n) is 6.54. The van der Waals surface area contributed by atoms with Crippen molar-refractivity contribution in [3.05, 3.63) is 86.6 Å². The van der Waals surface area contributed by atoms with Gasteiger partial charge in [-0.15, -0.1) is 11.3 Å². The van der Waals surface area contributed by atoms with Crippen LogP contribution in [0.5, 0.6) is 0 Å². The summed E-state index contributed by atoms with van der Waals surface area (Å²) in [4.78, 5) is 26.2. The van der Waals surface area contributed by atoms with Gasteiger partial charge in [0.25, 0.3) is 5.56 Å². The fourth-order valence-electron chi connectivity index (χ4n) is 3.17. The highest BCUT2D eigenvalue weighted by molar-refractivity contribution is 7.20. The second kappa shape index (κ2) is 7.73. The van der Waals surface area contributed by atoms with E-state index in [0.717, 1.165) is 20.7 Å². The van der Waals surface area contributed by atoms with Crippen LogP contribution in [0.4, 0.5) is 5.69 Å². The summed E-state index contributed by atoms with van der Waals surface area (Å²) in [6, 6.07) is 17.1. The van der Waals surface area contributed by atoms with Crippen molar-refractivity contribution in [3.8, 4) is 5.69 Å². The fourth-order valence-corrected chi connectivity index (χ4v) is 4.57. The molecule has 1 amide bonds. The summed E-state index contributed by atoms with van der Waals surface area (Å²) in [5.41, 5.74) is 1.38. The highest BCUT2D eigenvalue weighted by Gasteiger charge is 2.17. The molecule has 2 aromatic carbocycles. The molecule has 0 unspecified atom stereocenters. The van der Waals surface area contributed by atoms with E-state index in [-0.39, 0.29) is 17.2 Å². The maximum absolute atomic E-state index is 12.9. The van der Waals surface area contributed by atoms with Crippen molar-refractivity contribution < 1.29 is 4.79 Å². The number of thiophene rings is 1. The van der Waals surface area contributed by atoms with Crippen LogP contribution in [-0.2, 0) is 11.8 Å². The largest absolute Gasteiger partial charge is 0.316 e. The molecule has 5 nitrogen and oxygen atoms in total. The molecule has 4 aromatic rings. The summed E-state index contributed by atoms with van der Waals surface area (Å²) in [6.07, 6.45) is 3.08. The number of aromatic nitrogens is 2. The molecule has 146 valence electrons. The first-order valence-corrected chi connectivity index (χ1v) is 10.2. The molecular formula is C22H18ClN3O2S. The van der Waals surface area contributed by atoms with Crippen LogP contribution < -0.4 is 10.9 Å². The summed E-state index contributed by atoms with van der Waals surface area (Å²) in [6.45, 7) is 1.79. The van der Waals surface area contributed by atoms with Crippen LogP contribution in [0.3, 0.4) is 0 Å². The third kappa shape index (κ3) is 3.52. The molecule has 0 saturated heterocycles. The molecule has 7 heteroatoms. The highest BCUT2D eigenvalue weighted by atomic mass is 35.5. The van der Waals surface area contributed by atoms with Gasteiger partial charge >= 0.3 is 0 Å². The quantitative estimate of drug-likeness (QED) is 0.469. The Morgan fingerprint density at radius 1 is 1.10 bits per heavy atom. The fraction of sp³-hybridized carbons (Fsp3) is 0.0909. The molecule has 0 aliphatic rings. The number of para-hydroxylation sites is 1. The standard InChI is InChI=1S/C22H18ClN3O2S/c1-14-21(22(28)26(25(14)2)15-8-4-3-5-9-15)24-19(27)13-12-18-20(23)16-10-6-7-11-17(16)29-18/h3-13H,1-2H3,(H,24,27)/b13-12+. The van der Waals surface area contributed by atoms with Gasteiger partial charge in [0.05, 0.1) is 16.4 Å². The van der Waals surface area contributed by atoms with Crippen molar-refractivity contribution in [2.75, 3.05) is 5.32 Å². The zero-order chi connectivity index (χ0) is 20.5. The maximum Gasteiger partial charge on any atom is 0.295 e. The van der Waals surface area contributed by atoms with E-state index in [1.165, 1.54) is 22.1 Å². The lowest BCUT2D eigenvalue weighted by atomic mass is 10.2. The van der Waals surface area contributed by atoms with Gasteiger partial charge < -0.3 is 5.32 Å². The number of fused-ring (bicyclic) bond motifs is 1. The van der Waals surface area contributed by atoms with E-state index in [1.54, 1.807) is 24.7 Å². The van der Waals surface area contributed by atoms with E-state index in [4.69, 9.17) is 11.6 Å². The van der Waals surface area contributed by atoms with Gasteiger partial charge in [-0.05, 0) is 31.2 Å². The highest BCUT2D eigenvalue weighted by Crippen LogP contribution is 2.35. The normalized spacial score (nSPS) is 11.4. The number of amides is 1. The van der Waals surface area contributed by atoms with E-state index in [9.17, 15) is 9.59 Å². The van der Waals surface area contributed by atoms with Crippen molar-refractivity contribution in [2.45, 2.75) is 6.92 Å². The first-order chi connectivity index (χ1) is 14.0. The third-order valence-corrected chi connectivity index (χ3v) is 6.40. The van der Waals surface area contributed by atoms with Crippen LogP contribution in [0, 0.1) is 6.92 Å². The van der Waals surface area contributed by atoms with Gasteiger partial charge in [0.15, 0.2) is 0 Å². The van der Waals surface area contributed by atoms with Gasteiger partial charge in [-0.3, -0.25) is 14.3 Å². The molecule has 2 aromatic heterocycles. The molecule has 0 radical (unpaired) electrons. The molecule has 0 bridgehead atoms. The topological polar surface area (TPSA) is 56.0 Å². The summed E-state index contributed by atoms with van der Waals surface area (Å²) in [7, 11) is 1.78. The Balaban J connectivity index is 1.61. The van der Waals surface area contributed by atoms with Crippen LogP contribution in [-0.4, -0.2) is 15.3 Å². The van der Waals surface area contributed by atoms with Gasteiger partial charge in [-0.25, -0.2) is 4.68 Å². The number of nitrogens with zero attached hydrogens (tertiary/aromatic N) is 2. The number of nitrogens with one attached hydrogen (secondary N) is 1. The molecule has 0 spiro atoms. The first kappa shape index (κ1) is 19.2. The van der Waals surface area contributed by atoms with Crippen molar-refractivity contribution in [1.29, 1.82) is 0 Å². The lowest BCUT2D eigenvalue weighted by Crippen LogP contribution is -2.22. The smallest absolute Gasteiger partial charge is 0.295 e. The number of hydrogen-bond acceptors (Lipinski definition) is 3. The minimum absolute atomic E-state index is 0.258. The molecule has 0 atom stereocenters.